The number of carbonyl (C=O) groups is 1. The van der Waals surface area contributed by atoms with Crippen LogP contribution < -0.4 is 14.8 Å². The van der Waals surface area contributed by atoms with E-state index >= 15 is 0 Å². The molecule has 1 aliphatic rings. The third-order valence-electron chi connectivity index (χ3n) is 5.64. The topological polar surface area (TPSA) is 84.9 Å². The predicted octanol–water partition coefficient (Wildman–Crippen LogP) is 4.03. The van der Waals surface area contributed by atoms with Crippen LogP contribution in [-0.2, 0) is 14.8 Å². The van der Waals surface area contributed by atoms with Crippen LogP contribution in [-0.4, -0.2) is 45.4 Å². The van der Waals surface area contributed by atoms with Gasteiger partial charge in [-0.3, -0.25) is 4.79 Å². The van der Waals surface area contributed by atoms with E-state index in [0.29, 0.717) is 25.2 Å². The Morgan fingerprint density at radius 3 is 2.41 bits per heavy atom. The van der Waals surface area contributed by atoms with Crippen LogP contribution in [0.15, 0.2) is 47.4 Å². The first-order valence-corrected chi connectivity index (χ1v) is 12.4. The number of rotatable bonds is 8. The van der Waals surface area contributed by atoms with Gasteiger partial charge in [0.15, 0.2) is 0 Å². The Balaban J connectivity index is 1.58. The zero-order valence-corrected chi connectivity index (χ0v) is 20.1. The van der Waals surface area contributed by atoms with Crippen molar-refractivity contribution in [2.24, 2.45) is 5.92 Å². The Kier molecular flexibility index (Phi) is 8.03. The first-order valence-electron chi connectivity index (χ1n) is 10.6. The molecule has 0 saturated carbocycles. The number of carbonyl (C=O) groups excluding carboxylic acids is 1. The van der Waals surface area contributed by atoms with Crippen molar-refractivity contribution in [3.8, 4) is 11.5 Å². The fourth-order valence-corrected chi connectivity index (χ4v) is 5.53. The molecule has 2 aromatic rings. The summed E-state index contributed by atoms with van der Waals surface area (Å²) in [5, 5.41) is 3.29. The zero-order valence-electron chi connectivity index (χ0n) is 18.5. The highest BCUT2D eigenvalue weighted by atomic mass is 35.5. The van der Waals surface area contributed by atoms with E-state index in [9.17, 15) is 13.2 Å². The molecule has 1 aliphatic heterocycles. The molecule has 2 aromatic carbocycles. The van der Waals surface area contributed by atoms with Crippen LogP contribution in [0.4, 0.5) is 0 Å². The van der Waals surface area contributed by atoms with E-state index in [1.165, 1.54) is 16.4 Å². The van der Waals surface area contributed by atoms with Crippen molar-refractivity contribution in [2.75, 3.05) is 26.8 Å². The molecule has 0 radical (unpaired) electrons. The molecule has 7 nitrogen and oxygen atoms in total. The molecule has 1 N–H and O–H groups in total. The standard InChI is InChI=1S/C23H29ClN2O5S/c1-4-31-22-10-9-20(15-21(22)24)32(28,29)26-13-11-18(12-14-26)23(27)25-16(2)17-5-7-19(30-3)8-6-17/h5-10,15-16,18H,4,11-14H2,1-3H3,(H,25,27)/t16-/m0/s1. The Bertz CT molecular complexity index is 1030. The van der Waals surface area contributed by atoms with Gasteiger partial charge in [-0.2, -0.15) is 4.31 Å². The first kappa shape index (κ1) is 24.4. The van der Waals surface area contributed by atoms with Crippen LogP contribution in [0.3, 0.4) is 0 Å². The molecule has 1 atom stereocenters. The van der Waals surface area contributed by atoms with Gasteiger partial charge >= 0.3 is 0 Å². The van der Waals surface area contributed by atoms with E-state index in [4.69, 9.17) is 21.1 Å². The fourth-order valence-electron chi connectivity index (χ4n) is 3.73. The van der Waals surface area contributed by atoms with Gasteiger partial charge in [0.05, 0.1) is 29.7 Å². The number of benzene rings is 2. The maximum absolute atomic E-state index is 13.0. The van der Waals surface area contributed by atoms with Crippen LogP contribution >= 0.6 is 11.6 Å². The van der Waals surface area contributed by atoms with Crippen molar-refractivity contribution in [1.29, 1.82) is 0 Å². The van der Waals surface area contributed by atoms with E-state index in [0.717, 1.165) is 11.3 Å². The normalized spacial score (nSPS) is 16.4. The summed E-state index contributed by atoms with van der Waals surface area (Å²) in [5.74, 6) is 0.921. The molecule has 1 amide bonds. The molecule has 0 unspecified atom stereocenters. The van der Waals surface area contributed by atoms with Crippen LogP contribution in [0.1, 0.15) is 38.3 Å². The second-order valence-corrected chi connectivity index (χ2v) is 10.1. The molecule has 1 saturated heterocycles. The molecule has 1 heterocycles. The zero-order chi connectivity index (χ0) is 23.3. The lowest BCUT2D eigenvalue weighted by molar-refractivity contribution is -0.126. The van der Waals surface area contributed by atoms with Gasteiger partial charge < -0.3 is 14.8 Å². The number of nitrogens with one attached hydrogen (secondary N) is 1. The lowest BCUT2D eigenvalue weighted by atomic mass is 9.96. The highest BCUT2D eigenvalue weighted by Crippen LogP contribution is 2.30. The molecular weight excluding hydrogens is 452 g/mol. The van der Waals surface area contributed by atoms with E-state index in [-0.39, 0.29) is 40.9 Å². The van der Waals surface area contributed by atoms with Crippen molar-refractivity contribution in [3.05, 3.63) is 53.1 Å². The number of halogens is 1. The predicted molar refractivity (Wildman–Crippen MR) is 124 cm³/mol. The molecule has 174 valence electrons. The van der Waals surface area contributed by atoms with Crippen molar-refractivity contribution < 1.29 is 22.7 Å². The van der Waals surface area contributed by atoms with E-state index in [1.54, 1.807) is 13.2 Å². The Morgan fingerprint density at radius 1 is 1.19 bits per heavy atom. The smallest absolute Gasteiger partial charge is 0.243 e. The van der Waals surface area contributed by atoms with Crippen molar-refractivity contribution >= 4 is 27.5 Å². The number of methoxy groups -OCH3 is 1. The summed E-state index contributed by atoms with van der Waals surface area (Å²) >= 11 is 6.17. The number of sulfonamides is 1. The number of amides is 1. The number of piperidine rings is 1. The van der Waals surface area contributed by atoms with E-state index in [1.807, 2.05) is 38.1 Å². The number of hydrogen-bond donors (Lipinski definition) is 1. The molecule has 32 heavy (non-hydrogen) atoms. The Labute approximate surface area is 194 Å². The maximum atomic E-state index is 13.0. The van der Waals surface area contributed by atoms with Crippen LogP contribution in [0, 0.1) is 5.92 Å². The van der Waals surface area contributed by atoms with E-state index < -0.39 is 10.0 Å². The van der Waals surface area contributed by atoms with E-state index in [2.05, 4.69) is 5.32 Å². The molecular formula is C23H29ClN2O5S. The number of nitrogens with zero attached hydrogens (tertiary/aromatic N) is 1. The van der Waals surface area contributed by atoms with Gasteiger partial charge in [0.1, 0.15) is 11.5 Å². The van der Waals surface area contributed by atoms with Crippen LogP contribution in [0.2, 0.25) is 5.02 Å². The molecule has 0 spiro atoms. The highest BCUT2D eigenvalue weighted by molar-refractivity contribution is 7.89. The van der Waals surface area contributed by atoms with Crippen LogP contribution in [0.25, 0.3) is 0 Å². The average Bonchev–Trinajstić information content (AvgIpc) is 2.80. The van der Waals surface area contributed by atoms with Gasteiger partial charge in [-0.1, -0.05) is 23.7 Å². The number of ether oxygens (including phenoxy) is 2. The summed E-state index contributed by atoms with van der Waals surface area (Å²) in [4.78, 5) is 12.9. The van der Waals surface area contributed by atoms with Gasteiger partial charge in [-0.25, -0.2) is 8.42 Å². The quantitative estimate of drug-likeness (QED) is 0.616. The minimum atomic E-state index is -3.69. The molecule has 9 heteroatoms. The van der Waals surface area contributed by atoms with Crippen molar-refractivity contribution in [2.45, 2.75) is 37.6 Å². The summed E-state index contributed by atoms with van der Waals surface area (Å²) in [5.41, 5.74) is 0.978. The monoisotopic (exact) mass is 480 g/mol. The minimum Gasteiger partial charge on any atom is -0.497 e. The van der Waals surface area contributed by atoms with Gasteiger partial charge in [0.25, 0.3) is 0 Å². The highest BCUT2D eigenvalue weighted by Gasteiger charge is 2.32. The Hall–Kier alpha value is -2.29. The SMILES string of the molecule is CCOc1ccc(S(=O)(=O)N2CCC(C(=O)N[C@@H](C)c3ccc(OC)cc3)CC2)cc1Cl. The summed E-state index contributed by atoms with van der Waals surface area (Å²) in [6, 6.07) is 11.9. The lowest BCUT2D eigenvalue weighted by Crippen LogP contribution is -2.43. The van der Waals surface area contributed by atoms with Gasteiger partial charge in [-0.05, 0) is 62.6 Å². The summed E-state index contributed by atoms with van der Waals surface area (Å²) in [7, 11) is -2.08. The maximum Gasteiger partial charge on any atom is 0.243 e. The largest absolute Gasteiger partial charge is 0.497 e. The number of hydrogen-bond acceptors (Lipinski definition) is 5. The summed E-state index contributed by atoms with van der Waals surface area (Å²) in [6.45, 7) is 4.76. The van der Waals surface area contributed by atoms with Crippen molar-refractivity contribution in [1.82, 2.24) is 9.62 Å². The Morgan fingerprint density at radius 2 is 1.84 bits per heavy atom. The third-order valence-corrected chi connectivity index (χ3v) is 7.83. The van der Waals surface area contributed by atoms with Gasteiger partial charge in [0, 0.05) is 19.0 Å². The molecule has 0 aromatic heterocycles. The molecule has 1 fully saturated rings. The molecule has 0 aliphatic carbocycles. The summed E-state index contributed by atoms with van der Waals surface area (Å²) < 4.78 is 38.0. The molecule has 0 bridgehead atoms. The van der Waals surface area contributed by atoms with Gasteiger partial charge in [-0.15, -0.1) is 0 Å². The van der Waals surface area contributed by atoms with Crippen LogP contribution in [0.5, 0.6) is 11.5 Å². The van der Waals surface area contributed by atoms with Gasteiger partial charge in [0.2, 0.25) is 15.9 Å². The average molecular weight is 481 g/mol. The molecule has 3 rings (SSSR count). The lowest BCUT2D eigenvalue weighted by Gasteiger charge is -2.31. The minimum absolute atomic E-state index is 0.0607. The first-order chi connectivity index (χ1) is 15.3. The summed E-state index contributed by atoms with van der Waals surface area (Å²) in [6.07, 6.45) is 0.927. The fraction of sp³-hybridized carbons (Fsp3) is 0.435. The second kappa shape index (κ2) is 10.6. The second-order valence-electron chi connectivity index (χ2n) is 7.71. The van der Waals surface area contributed by atoms with Crippen molar-refractivity contribution in [3.63, 3.8) is 0 Å². The third kappa shape index (κ3) is 5.54.